The second-order valence-electron chi connectivity index (χ2n) is 6.53. The highest BCUT2D eigenvalue weighted by Crippen LogP contribution is 2.22. The van der Waals surface area contributed by atoms with Crippen LogP contribution in [0.4, 0.5) is 0 Å². The first-order valence-electron chi connectivity index (χ1n) is 9.19. The molecule has 1 aliphatic rings. The second kappa shape index (κ2) is 8.67. The Hall–Kier alpha value is -2.84. The average Bonchev–Trinajstić information content (AvgIpc) is 3.12. The van der Waals surface area contributed by atoms with Gasteiger partial charge in [-0.05, 0) is 24.6 Å². The lowest BCUT2D eigenvalue weighted by molar-refractivity contribution is 0.0716. The van der Waals surface area contributed by atoms with Gasteiger partial charge in [-0.1, -0.05) is 23.7 Å². The van der Waals surface area contributed by atoms with Crippen LogP contribution in [-0.2, 0) is 0 Å². The zero-order valence-corrected chi connectivity index (χ0v) is 17.1. The predicted octanol–water partition coefficient (Wildman–Crippen LogP) is 3.24. The Labute approximate surface area is 177 Å². The fraction of sp³-hybridized carbons (Fsp3) is 0.250. The highest BCUT2D eigenvalue weighted by atomic mass is 35.5. The van der Waals surface area contributed by atoms with Crippen LogP contribution < -0.4 is 0 Å². The third-order valence-corrected chi connectivity index (χ3v) is 5.82. The quantitative estimate of drug-likeness (QED) is 0.641. The molecule has 9 heteroatoms. The van der Waals surface area contributed by atoms with Crippen molar-refractivity contribution >= 4 is 34.8 Å². The molecule has 0 N–H and O–H groups in total. The van der Waals surface area contributed by atoms with Crippen LogP contribution in [-0.4, -0.2) is 62.7 Å². The predicted molar refractivity (Wildman–Crippen MR) is 111 cm³/mol. The molecule has 0 unspecified atom stereocenters. The molecule has 1 fully saturated rings. The fourth-order valence-corrected chi connectivity index (χ4v) is 4.13. The van der Waals surface area contributed by atoms with Crippen LogP contribution in [0.15, 0.2) is 48.1 Å². The van der Waals surface area contributed by atoms with E-state index < -0.39 is 0 Å². The van der Waals surface area contributed by atoms with Crippen molar-refractivity contribution in [2.75, 3.05) is 26.2 Å². The van der Waals surface area contributed by atoms with Crippen molar-refractivity contribution in [2.24, 2.45) is 0 Å². The molecule has 4 rings (SSSR count). The van der Waals surface area contributed by atoms with Gasteiger partial charge in [0.1, 0.15) is 5.69 Å². The molecule has 1 saturated heterocycles. The first-order valence-corrected chi connectivity index (χ1v) is 10.5. The van der Waals surface area contributed by atoms with E-state index in [-0.39, 0.29) is 11.8 Å². The van der Waals surface area contributed by atoms with Gasteiger partial charge < -0.3 is 9.80 Å². The summed E-state index contributed by atoms with van der Waals surface area (Å²) in [6, 6.07) is 8.75. The van der Waals surface area contributed by atoms with E-state index in [9.17, 15) is 9.59 Å². The number of carbonyl (C=O) groups is 2. The number of hydrogen-bond acceptors (Lipinski definition) is 6. The molecule has 0 atom stereocenters. The largest absolute Gasteiger partial charge is 0.337 e. The Morgan fingerprint density at radius 1 is 0.931 bits per heavy atom. The number of thiazole rings is 1. The number of nitrogens with zero attached hydrogens (tertiary/aromatic N) is 5. The number of rotatable bonds is 3. The third kappa shape index (κ3) is 4.28. The minimum Gasteiger partial charge on any atom is -0.337 e. The second-order valence-corrected chi connectivity index (χ2v) is 7.79. The first kappa shape index (κ1) is 19.5. The maximum atomic E-state index is 12.9. The molecule has 0 saturated carbocycles. The van der Waals surface area contributed by atoms with Gasteiger partial charge in [-0.2, -0.15) is 0 Å². The Balaban J connectivity index is 1.43. The molecule has 0 spiro atoms. The molecule has 148 valence electrons. The number of aromatic nitrogens is 3. The van der Waals surface area contributed by atoms with Crippen molar-refractivity contribution < 1.29 is 9.59 Å². The van der Waals surface area contributed by atoms with E-state index in [4.69, 9.17) is 11.6 Å². The zero-order chi connectivity index (χ0) is 20.2. The van der Waals surface area contributed by atoms with Crippen molar-refractivity contribution in [3.8, 4) is 10.8 Å². The molecule has 1 aliphatic heterocycles. The van der Waals surface area contributed by atoms with Crippen LogP contribution in [0, 0.1) is 0 Å². The summed E-state index contributed by atoms with van der Waals surface area (Å²) in [5.74, 6) is 0.251. The Kier molecular flexibility index (Phi) is 5.82. The van der Waals surface area contributed by atoms with Crippen LogP contribution >= 0.6 is 22.9 Å². The lowest BCUT2D eigenvalue weighted by Gasteiger charge is -2.22. The van der Waals surface area contributed by atoms with Gasteiger partial charge in [-0.15, -0.1) is 11.3 Å². The van der Waals surface area contributed by atoms with E-state index in [1.165, 1.54) is 11.3 Å². The molecular weight excluding hydrogens is 410 g/mol. The average molecular weight is 428 g/mol. The van der Waals surface area contributed by atoms with E-state index in [0.29, 0.717) is 59.7 Å². The van der Waals surface area contributed by atoms with Gasteiger partial charge in [0.05, 0.1) is 10.6 Å². The van der Waals surface area contributed by atoms with Gasteiger partial charge >= 0.3 is 0 Å². The first-order chi connectivity index (χ1) is 14.1. The highest BCUT2D eigenvalue weighted by Gasteiger charge is 2.25. The van der Waals surface area contributed by atoms with E-state index >= 15 is 0 Å². The molecule has 0 radical (unpaired) electrons. The Bertz CT molecular complexity index is 1030. The third-order valence-electron chi connectivity index (χ3n) is 4.65. The molecule has 0 aliphatic carbocycles. The van der Waals surface area contributed by atoms with Gasteiger partial charge in [-0.3, -0.25) is 9.59 Å². The van der Waals surface area contributed by atoms with Crippen molar-refractivity contribution in [1.29, 1.82) is 0 Å². The summed E-state index contributed by atoms with van der Waals surface area (Å²) in [4.78, 5) is 41.9. The van der Waals surface area contributed by atoms with E-state index in [1.807, 2.05) is 0 Å². The van der Waals surface area contributed by atoms with Crippen molar-refractivity contribution in [3.05, 3.63) is 64.4 Å². The molecule has 7 nitrogen and oxygen atoms in total. The Morgan fingerprint density at radius 3 is 2.34 bits per heavy atom. The van der Waals surface area contributed by atoms with Gasteiger partial charge in [0.2, 0.25) is 0 Å². The molecule has 3 aromatic rings. The topological polar surface area (TPSA) is 79.3 Å². The van der Waals surface area contributed by atoms with Crippen LogP contribution in [0.2, 0.25) is 5.02 Å². The van der Waals surface area contributed by atoms with Gasteiger partial charge in [0.25, 0.3) is 11.8 Å². The van der Waals surface area contributed by atoms with E-state index in [2.05, 4.69) is 15.0 Å². The van der Waals surface area contributed by atoms with Crippen molar-refractivity contribution in [3.63, 3.8) is 0 Å². The van der Waals surface area contributed by atoms with Crippen LogP contribution in [0.25, 0.3) is 10.8 Å². The number of carbonyl (C=O) groups excluding carboxylic acids is 2. The van der Waals surface area contributed by atoms with Gasteiger partial charge in [0, 0.05) is 44.0 Å². The molecule has 2 aromatic heterocycles. The summed E-state index contributed by atoms with van der Waals surface area (Å²) < 4.78 is 0. The summed E-state index contributed by atoms with van der Waals surface area (Å²) in [5.41, 5.74) is 0.865. The normalized spacial score (nSPS) is 14.5. The maximum absolute atomic E-state index is 12.9. The van der Waals surface area contributed by atoms with Crippen LogP contribution in [0.5, 0.6) is 0 Å². The van der Waals surface area contributed by atoms with Crippen molar-refractivity contribution in [1.82, 2.24) is 24.8 Å². The summed E-state index contributed by atoms with van der Waals surface area (Å²) in [6.07, 6.45) is 3.98. The zero-order valence-electron chi connectivity index (χ0n) is 15.5. The monoisotopic (exact) mass is 427 g/mol. The summed E-state index contributed by atoms with van der Waals surface area (Å²) in [5, 5.41) is 2.78. The van der Waals surface area contributed by atoms with Crippen LogP contribution in [0.3, 0.4) is 0 Å². The SMILES string of the molecule is O=C(c1csc(-c2ncccn2)n1)N1CCCN(C(=O)c2ccccc2Cl)CC1. The van der Waals surface area contributed by atoms with E-state index in [0.717, 1.165) is 0 Å². The minimum atomic E-state index is -0.143. The Morgan fingerprint density at radius 2 is 1.62 bits per heavy atom. The number of amides is 2. The smallest absolute Gasteiger partial charge is 0.273 e. The standard InChI is InChI=1S/C20H18ClN5O2S/c21-15-6-2-1-5-14(15)19(27)25-9-4-10-26(12-11-25)20(28)16-13-29-18(24-16)17-22-7-3-8-23-17/h1-3,5-8,13H,4,9-12H2. The molecule has 2 amide bonds. The lowest BCUT2D eigenvalue weighted by atomic mass is 10.2. The maximum Gasteiger partial charge on any atom is 0.273 e. The summed E-state index contributed by atoms with van der Waals surface area (Å²) in [7, 11) is 0. The molecule has 1 aromatic carbocycles. The van der Waals surface area contributed by atoms with E-state index in [1.54, 1.807) is 57.9 Å². The minimum absolute atomic E-state index is 0.109. The van der Waals surface area contributed by atoms with Gasteiger partial charge in [-0.25, -0.2) is 15.0 Å². The number of hydrogen-bond donors (Lipinski definition) is 0. The molecule has 0 bridgehead atoms. The highest BCUT2D eigenvalue weighted by molar-refractivity contribution is 7.13. The molecular formula is C20H18ClN5O2S. The molecule has 29 heavy (non-hydrogen) atoms. The van der Waals surface area contributed by atoms with Gasteiger partial charge in [0.15, 0.2) is 10.8 Å². The molecule has 3 heterocycles. The number of halogens is 1. The van der Waals surface area contributed by atoms with Crippen molar-refractivity contribution in [2.45, 2.75) is 6.42 Å². The fourth-order valence-electron chi connectivity index (χ4n) is 3.17. The lowest BCUT2D eigenvalue weighted by Crippen LogP contribution is -2.37. The number of benzene rings is 1. The summed E-state index contributed by atoms with van der Waals surface area (Å²) in [6.45, 7) is 2.05. The summed E-state index contributed by atoms with van der Waals surface area (Å²) >= 11 is 7.50. The van der Waals surface area contributed by atoms with Crippen LogP contribution in [0.1, 0.15) is 27.3 Å².